The molecule has 0 aliphatic heterocycles. The van der Waals surface area contributed by atoms with Gasteiger partial charge < -0.3 is 9.88 Å². The molecule has 0 saturated heterocycles. The Morgan fingerprint density at radius 3 is 2.79 bits per heavy atom. The van der Waals surface area contributed by atoms with Gasteiger partial charge in [-0.3, -0.25) is 4.79 Å². The Bertz CT molecular complexity index is 580. The van der Waals surface area contributed by atoms with Gasteiger partial charge in [0.1, 0.15) is 17.7 Å². The van der Waals surface area contributed by atoms with Gasteiger partial charge in [-0.1, -0.05) is 25.1 Å². The first kappa shape index (κ1) is 13.3. The predicted octanol–water partition coefficient (Wildman–Crippen LogP) is 2.17. The molecule has 0 spiro atoms. The smallest absolute Gasteiger partial charge is 0.220 e. The second-order valence-electron chi connectivity index (χ2n) is 4.27. The average Bonchev–Trinajstić information content (AvgIpc) is 2.83. The molecule has 0 saturated carbocycles. The van der Waals surface area contributed by atoms with Gasteiger partial charge in [-0.15, -0.1) is 0 Å². The molecule has 0 bridgehead atoms. The van der Waals surface area contributed by atoms with E-state index in [4.69, 9.17) is 0 Å². The van der Waals surface area contributed by atoms with Crippen LogP contribution in [0.3, 0.4) is 0 Å². The quantitative estimate of drug-likeness (QED) is 0.917. The number of benzene rings is 1. The van der Waals surface area contributed by atoms with Crippen LogP contribution in [-0.2, 0) is 11.8 Å². The Hall–Kier alpha value is -2.17. The number of hydrogen-bond acceptors (Lipinski definition) is 2. The molecule has 1 heterocycles. The van der Waals surface area contributed by atoms with Gasteiger partial charge >= 0.3 is 0 Å². The number of nitrogens with zero attached hydrogens (tertiary/aromatic N) is 2. The van der Waals surface area contributed by atoms with Crippen LogP contribution >= 0.6 is 0 Å². The van der Waals surface area contributed by atoms with Gasteiger partial charge in [0.25, 0.3) is 0 Å². The number of aryl methyl sites for hydroxylation is 1. The van der Waals surface area contributed by atoms with Gasteiger partial charge in [0, 0.05) is 31.4 Å². The molecule has 1 N–H and O–H groups in total. The Kier molecular flexibility index (Phi) is 3.94. The summed E-state index contributed by atoms with van der Waals surface area (Å²) >= 11 is 0. The van der Waals surface area contributed by atoms with E-state index in [-0.39, 0.29) is 11.7 Å². The van der Waals surface area contributed by atoms with Gasteiger partial charge in [-0.2, -0.15) is 0 Å². The van der Waals surface area contributed by atoms with Crippen LogP contribution in [0.25, 0.3) is 0 Å². The first-order valence-corrected chi connectivity index (χ1v) is 6.14. The summed E-state index contributed by atoms with van der Waals surface area (Å²) < 4.78 is 15.7. The van der Waals surface area contributed by atoms with Crippen molar-refractivity contribution in [1.29, 1.82) is 0 Å². The molecule has 0 aliphatic rings. The highest BCUT2D eigenvalue weighted by Gasteiger charge is 2.22. The molecule has 100 valence electrons. The van der Waals surface area contributed by atoms with Crippen molar-refractivity contribution in [2.45, 2.75) is 19.4 Å². The molecule has 4 nitrogen and oxygen atoms in total. The maximum absolute atomic E-state index is 13.9. The van der Waals surface area contributed by atoms with Crippen molar-refractivity contribution in [3.8, 4) is 0 Å². The lowest BCUT2D eigenvalue weighted by Gasteiger charge is -2.19. The molecule has 0 aliphatic carbocycles. The third kappa shape index (κ3) is 2.81. The molecule has 1 amide bonds. The second kappa shape index (κ2) is 5.65. The van der Waals surface area contributed by atoms with E-state index in [1.807, 2.05) is 7.05 Å². The predicted molar refractivity (Wildman–Crippen MR) is 69.9 cm³/mol. The van der Waals surface area contributed by atoms with Crippen molar-refractivity contribution < 1.29 is 9.18 Å². The average molecular weight is 261 g/mol. The standard InChI is InChI=1S/C14H16FN3O/c1-3-12(19)17-13(14-16-8-9-18(14)2)10-6-4-5-7-11(10)15/h4-9,13H,3H2,1-2H3,(H,17,19)/t13-/m1/s1. The fraction of sp³-hybridized carbons (Fsp3) is 0.286. The second-order valence-corrected chi connectivity index (χ2v) is 4.27. The fourth-order valence-corrected chi connectivity index (χ4v) is 1.91. The Morgan fingerprint density at radius 2 is 2.21 bits per heavy atom. The van der Waals surface area contributed by atoms with Crippen molar-refractivity contribution in [2.24, 2.45) is 7.05 Å². The monoisotopic (exact) mass is 261 g/mol. The summed E-state index contributed by atoms with van der Waals surface area (Å²) in [6.07, 6.45) is 3.73. The van der Waals surface area contributed by atoms with E-state index >= 15 is 0 Å². The van der Waals surface area contributed by atoms with E-state index in [1.54, 1.807) is 42.1 Å². The topological polar surface area (TPSA) is 46.9 Å². The summed E-state index contributed by atoms with van der Waals surface area (Å²) in [5, 5.41) is 2.80. The molecular weight excluding hydrogens is 245 g/mol. The fourth-order valence-electron chi connectivity index (χ4n) is 1.91. The van der Waals surface area contributed by atoms with Crippen LogP contribution in [0.2, 0.25) is 0 Å². The zero-order valence-corrected chi connectivity index (χ0v) is 10.9. The van der Waals surface area contributed by atoms with Gasteiger partial charge in [0.15, 0.2) is 0 Å². The lowest BCUT2D eigenvalue weighted by atomic mass is 10.1. The summed E-state index contributed by atoms with van der Waals surface area (Å²) in [4.78, 5) is 15.8. The largest absolute Gasteiger partial charge is 0.342 e. The minimum absolute atomic E-state index is 0.142. The Labute approximate surface area is 111 Å². The van der Waals surface area contributed by atoms with Crippen molar-refractivity contribution in [3.63, 3.8) is 0 Å². The highest BCUT2D eigenvalue weighted by atomic mass is 19.1. The Morgan fingerprint density at radius 1 is 1.47 bits per heavy atom. The van der Waals surface area contributed by atoms with Crippen LogP contribution in [0.5, 0.6) is 0 Å². The number of nitrogens with one attached hydrogen (secondary N) is 1. The maximum atomic E-state index is 13.9. The summed E-state index contributed by atoms with van der Waals surface area (Å²) in [5.41, 5.74) is 0.415. The molecule has 2 rings (SSSR count). The normalized spacial score (nSPS) is 12.2. The molecule has 1 aromatic carbocycles. The number of halogens is 1. The number of imidazole rings is 1. The van der Waals surface area contributed by atoms with Crippen LogP contribution < -0.4 is 5.32 Å². The molecular formula is C14H16FN3O. The highest BCUT2D eigenvalue weighted by molar-refractivity contribution is 5.76. The van der Waals surface area contributed by atoms with Crippen LogP contribution in [-0.4, -0.2) is 15.5 Å². The van der Waals surface area contributed by atoms with Crippen molar-refractivity contribution in [1.82, 2.24) is 14.9 Å². The van der Waals surface area contributed by atoms with Crippen LogP contribution in [0.1, 0.15) is 30.8 Å². The summed E-state index contributed by atoms with van der Waals surface area (Å²) in [6, 6.07) is 5.82. The first-order chi connectivity index (χ1) is 9.13. The van der Waals surface area contributed by atoms with E-state index in [2.05, 4.69) is 10.3 Å². The summed E-state index contributed by atoms with van der Waals surface area (Å²) in [6.45, 7) is 1.76. The molecule has 0 unspecified atom stereocenters. The number of rotatable bonds is 4. The minimum atomic E-state index is -0.575. The van der Waals surface area contributed by atoms with E-state index in [1.165, 1.54) is 6.07 Å². The third-order valence-corrected chi connectivity index (χ3v) is 2.96. The third-order valence-electron chi connectivity index (χ3n) is 2.96. The van der Waals surface area contributed by atoms with E-state index < -0.39 is 6.04 Å². The van der Waals surface area contributed by atoms with Crippen molar-refractivity contribution in [3.05, 3.63) is 53.9 Å². The van der Waals surface area contributed by atoms with E-state index in [0.29, 0.717) is 17.8 Å². The highest BCUT2D eigenvalue weighted by Crippen LogP contribution is 2.23. The van der Waals surface area contributed by atoms with E-state index in [9.17, 15) is 9.18 Å². The van der Waals surface area contributed by atoms with Gasteiger partial charge in [-0.25, -0.2) is 9.37 Å². The summed E-state index contributed by atoms with van der Waals surface area (Å²) in [7, 11) is 1.81. The number of carbonyl (C=O) groups excluding carboxylic acids is 1. The molecule has 5 heteroatoms. The number of amides is 1. The molecule has 19 heavy (non-hydrogen) atoms. The van der Waals surface area contributed by atoms with Gasteiger partial charge in [0.2, 0.25) is 5.91 Å². The lowest BCUT2D eigenvalue weighted by molar-refractivity contribution is -0.121. The SMILES string of the molecule is CCC(=O)N[C@H](c1ccccc1F)c1nccn1C. The number of hydrogen-bond donors (Lipinski definition) is 1. The molecule has 1 atom stereocenters. The maximum Gasteiger partial charge on any atom is 0.220 e. The van der Waals surface area contributed by atoms with Gasteiger partial charge in [0.05, 0.1) is 0 Å². The van der Waals surface area contributed by atoms with Crippen LogP contribution in [0, 0.1) is 5.82 Å². The number of carbonyl (C=O) groups is 1. The van der Waals surface area contributed by atoms with Crippen LogP contribution in [0.4, 0.5) is 4.39 Å². The number of aromatic nitrogens is 2. The molecule has 1 aromatic heterocycles. The van der Waals surface area contributed by atoms with Gasteiger partial charge in [-0.05, 0) is 6.07 Å². The van der Waals surface area contributed by atoms with Crippen molar-refractivity contribution in [2.75, 3.05) is 0 Å². The zero-order chi connectivity index (χ0) is 13.8. The van der Waals surface area contributed by atoms with Crippen molar-refractivity contribution >= 4 is 5.91 Å². The molecule has 0 radical (unpaired) electrons. The Balaban J connectivity index is 2.43. The summed E-state index contributed by atoms with van der Waals surface area (Å²) in [5.74, 6) is 0.107. The molecule has 0 fully saturated rings. The first-order valence-electron chi connectivity index (χ1n) is 6.14. The van der Waals surface area contributed by atoms with Crippen LogP contribution in [0.15, 0.2) is 36.7 Å². The van der Waals surface area contributed by atoms with E-state index in [0.717, 1.165) is 0 Å². The molecule has 2 aromatic rings. The zero-order valence-electron chi connectivity index (χ0n) is 10.9. The minimum Gasteiger partial charge on any atom is -0.342 e. The lowest BCUT2D eigenvalue weighted by Crippen LogP contribution is -2.31.